The Labute approximate surface area is 169 Å². The largest absolute Gasteiger partial charge is 0.342 e. The van der Waals surface area contributed by atoms with Gasteiger partial charge in [-0.05, 0) is 44.4 Å². The van der Waals surface area contributed by atoms with Gasteiger partial charge in [0, 0.05) is 45.0 Å². The number of hydrogen-bond acceptors (Lipinski definition) is 4. The lowest BCUT2D eigenvalue weighted by Gasteiger charge is -2.35. The maximum absolute atomic E-state index is 12.5. The molecule has 2 amide bonds. The van der Waals surface area contributed by atoms with E-state index < -0.39 is 0 Å². The van der Waals surface area contributed by atoms with Crippen LogP contribution in [0, 0.1) is 13.8 Å². The Hall–Kier alpha value is -1.92. The lowest BCUT2D eigenvalue weighted by Crippen LogP contribution is -2.51. The second kappa shape index (κ2) is 11.2. The van der Waals surface area contributed by atoms with E-state index in [1.165, 1.54) is 5.56 Å². The van der Waals surface area contributed by atoms with Crippen molar-refractivity contribution >= 4 is 17.5 Å². The smallest absolute Gasteiger partial charge is 0.238 e. The molecule has 156 valence electrons. The minimum absolute atomic E-state index is 0.0231. The van der Waals surface area contributed by atoms with Crippen molar-refractivity contribution < 1.29 is 9.59 Å². The fourth-order valence-corrected chi connectivity index (χ4v) is 3.48. The molecule has 28 heavy (non-hydrogen) atoms. The number of amides is 2. The SMILES string of the molecule is CCCCN(CC)C(=O)CN1CCN(CC(=O)Nc2cccc(C)c2C)CC1. The Morgan fingerprint density at radius 3 is 2.29 bits per heavy atom. The highest BCUT2D eigenvalue weighted by Crippen LogP contribution is 2.18. The molecule has 1 aliphatic heterocycles. The molecule has 6 heteroatoms. The summed E-state index contributed by atoms with van der Waals surface area (Å²) in [6.45, 7) is 14.1. The summed E-state index contributed by atoms with van der Waals surface area (Å²) in [5, 5.41) is 3.03. The number of anilines is 1. The zero-order chi connectivity index (χ0) is 20.5. The van der Waals surface area contributed by atoms with Crippen LogP contribution in [0.1, 0.15) is 37.8 Å². The second-order valence-electron chi connectivity index (χ2n) is 7.67. The van der Waals surface area contributed by atoms with Crippen molar-refractivity contribution in [2.45, 2.75) is 40.5 Å². The van der Waals surface area contributed by atoms with Crippen LogP contribution in [0.15, 0.2) is 18.2 Å². The second-order valence-corrected chi connectivity index (χ2v) is 7.67. The van der Waals surface area contributed by atoms with Crippen LogP contribution in [0.2, 0.25) is 0 Å². The average Bonchev–Trinajstić information content (AvgIpc) is 2.67. The predicted molar refractivity (Wildman–Crippen MR) is 115 cm³/mol. The Balaban J connectivity index is 1.75. The summed E-state index contributed by atoms with van der Waals surface area (Å²) in [6, 6.07) is 5.96. The molecule has 1 aliphatic rings. The van der Waals surface area contributed by atoms with Crippen molar-refractivity contribution in [1.82, 2.24) is 14.7 Å². The van der Waals surface area contributed by atoms with Crippen LogP contribution in [-0.2, 0) is 9.59 Å². The summed E-state index contributed by atoms with van der Waals surface area (Å²) < 4.78 is 0. The van der Waals surface area contributed by atoms with Gasteiger partial charge in [0.1, 0.15) is 0 Å². The standard InChI is InChI=1S/C22H36N4O2/c1-5-7-11-26(6-2)22(28)17-25-14-12-24(13-15-25)16-21(27)23-20-10-8-9-18(3)19(20)4/h8-10H,5-7,11-17H2,1-4H3,(H,23,27). The number of benzene rings is 1. The molecule has 0 aromatic heterocycles. The molecule has 1 aromatic rings. The summed E-state index contributed by atoms with van der Waals surface area (Å²) in [6.07, 6.45) is 2.16. The van der Waals surface area contributed by atoms with Crippen LogP contribution in [0.5, 0.6) is 0 Å². The number of nitrogens with one attached hydrogen (secondary N) is 1. The highest BCUT2D eigenvalue weighted by molar-refractivity contribution is 5.93. The fourth-order valence-electron chi connectivity index (χ4n) is 3.48. The Morgan fingerprint density at radius 1 is 1.04 bits per heavy atom. The molecule has 0 spiro atoms. The summed E-state index contributed by atoms with van der Waals surface area (Å²) in [5.74, 6) is 0.243. The van der Waals surface area contributed by atoms with Crippen molar-refractivity contribution in [3.63, 3.8) is 0 Å². The van der Waals surface area contributed by atoms with Gasteiger partial charge in [0.15, 0.2) is 0 Å². The van der Waals surface area contributed by atoms with E-state index in [4.69, 9.17) is 0 Å². The van der Waals surface area contributed by atoms with E-state index in [1.807, 2.05) is 43.9 Å². The first-order valence-electron chi connectivity index (χ1n) is 10.5. The van der Waals surface area contributed by atoms with Crippen molar-refractivity contribution in [3.05, 3.63) is 29.3 Å². The van der Waals surface area contributed by atoms with E-state index in [0.717, 1.165) is 63.4 Å². The predicted octanol–water partition coefficient (Wildman–Crippen LogP) is 2.51. The molecule has 1 saturated heterocycles. The minimum Gasteiger partial charge on any atom is -0.342 e. The summed E-state index contributed by atoms with van der Waals surface area (Å²) in [7, 11) is 0. The van der Waals surface area contributed by atoms with E-state index in [9.17, 15) is 9.59 Å². The third kappa shape index (κ3) is 6.60. The summed E-state index contributed by atoms with van der Waals surface area (Å²) >= 11 is 0. The number of carbonyl (C=O) groups excluding carboxylic acids is 2. The number of aryl methyl sites for hydroxylation is 1. The van der Waals surface area contributed by atoms with E-state index >= 15 is 0 Å². The molecular formula is C22H36N4O2. The van der Waals surface area contributed by atoms with Crippen molar-refractivity contribution in [2.75, 3.05) is 57.7 Å². The zero-order valence-electron chi connectivity index (χ0n) is 18.0. The molecule has 0 radical (unpaired) electrons. The van der Waals surface area contributed by atoms with E-state index in [2.05, 4.69) is 22.0 Å². The molecule has 0 aliphatic carbocycles. The van der Waals surface area contributed by atoms with Crippen LogP contribution < -0.4 is 5.32 Å². The van der Waals surface area contributed by atoms with Gasteiger partial charge in [0.05, 0.1) is 13.1 Å². The third-order valence-corrected chi connectivity index (χ3v) is 5.59. The summed E-state index contributed by atoms with van der Waals surface area (Å²) in [5.41, 5.74) is 3.18. The Morgan fingerprint density at radius 2 is 1.68 bits per heavy atom. The molecule has 0 unspecified atom stereocenters. The summed E-state index contributed by atoms with van der Waals surface area (Å²) in [4.78, 5) is 31.2. The molecule has 1 N–H and O–H groups in total. The number of rotatable bonds is 9. The molecule has 0 atom stereocenters. The van der Waals surface area contributed by atoms with E-state index in [-0.39, 0.29) is 11.8 Å². The molecule has 1 fully saturated rings. The highest BCUT2D eigenvalue weighted by Gasteiger charge is 2.22. The van der Waals surface area contributed by atoms with Gasteiger partial charge in [-0.15, -0.1) is 0 Å². The minimum atomic E-state index is 0.0231. The topological polar surface area (TPSA) is 55.9 Å². The first-order valence-corrected chi connectivity index (χ1v) is 10.5. The number of piperazine rings is 1. The van der Waals surface area contributed by atoms with Crippen LogP contribution >= 0.6 is 0 Å². The molecular weight excluding hydrogens is 352 g/mol. The van der Waals surface area contributed by atoms with Crippen LogP contribution in [0.4, 0.5) is 5.69 Å². The highest BCUT2D eigenvalue weighted by atomic mass is 16.2. The van der Waals surface area contributed by atoms with Gasteiger partial charge in [0.25, 0.3) is 0 Å². The maximum Gasteiger partial charge on any atom is 0.238 e. The Bertz CT molecular complexity index is 654. The van der Waals surface area contributed by atoms with Crippen molar-refractivity contribution in [3.8, 4) is 0 Å². The average molecular weight is 389 g/mol. The van der Waals surface area contributed by atoms with Crippen LogP contribution in [0.3, 0.4) is 0 Å². The van der Waals surface area contributed by atoms with Gasteiger partial charge in [-0.1, -0.05) is 25.5 Å². The van der Waals surface area contributed by atoms with Crippen molar-refractivity contribution in [2.24, 2.45) is 0 Å². The molecule has 2 rings (SSSR count). The quantitative estimate of drug-likeness (QED) is 0.706. The van der Waals surface area contributed by atoms with Gasteiger partial charge in [0.2, 0.25) is 11.8 Å². The monoisotopic (exact) mass is 388 g/mol. The maximum atomic E-state index is 12.5. The molecule has 6 nitrogen and oxygen atoms in total. The molecule has 0 bridgehead atoms. The third-order valence-electron chi connectivity index (χ3n) is 5.59. The van der Waals surface area contributed by atoms with E-state index in [0.29, 0.717) is 13.1 Å². The number of nitrogens with zero attached hydrogens (tertiary/aromatic N) is 3. The first-order chi connectivity index (χ1) is 13.4. The number of hydrogen-bond donors (Lipinski definition) is 1. The van der Waals surface area contributed by atoms with Gasteiger partial charge in [-0.2, -0.15) is 0 Å². The van der Waals surface area contributed by atoms with Gasteiger partial charge in [-0.3, -0.25) is 19.4 Å². The van der Waals surface area contributed by atoms with Crippen LogP contribution in [0.25, 0.3) is 0 Å². The fraction of sp³-hybridized carbons (Fsp3) is 0.636. The first kappa shape index (κ1) is 22.4. The molecule has 1 heterocycles. The normalized spacial score (nSPS) is 15.4. The van der Waals surface area contributed by atoms with Gasteiger partial charge < -0.3 is 10.2 Å². The van der Waals surface area contributed by atoms with Crippen LogP contribution in [-0.4, -0.2) is 78.9 Å². The number of unbranched alkanes of at least 4 members (excludes halogenated alkanes) is 1. The number of likely N-dealkylation sites (N-methyl/N-ethyl adjacent to an activating group) is 1. The van der Waals surface area contributed by atoms with Gasteiger partial charge in [-0.25, -0.2) is 0 Å². The molecule has 0 saturated carbocycles. The lowest BCUT2D eigenvalue weighted by molar-refractivity contribution is -0.133. The lowest BCUT2D eigenvalue weighted by atomic mass is 10.1. The molecule has 1 aromatic carbocycles. The van der Waals surface area contributed by atoms with Crippen molar-refractivity contribution in [1.29, 1.82) is 0 Å². The zero-order valence-corrected chi connectivity index (χ0v) is 18.0. The van der Waals surface area contributed by atoms with Gasteiger partial charge >= 0.3 is 0 Å². The number of carbonyl (C=O) groups is 2. The Kier molecular flexibility index (Phi) is 8.93. The van der Waals surface area contributed by atoms with E-state index in [1.54, 1.807) is 0 Å².